The van der Waals surface area contributed by atoms with E-state index in [1.54, 1.807) is 18.4 Å². The van der Waals surface area contributed by atoms with Gasteiger partial charge in [0, 0.05) is 23.7 Å². The molecule has 0 aromatic carbocycles. The van der Waals surface area contributed by atoms with Crippen LogP contribution in [0.4, 0.5) is 0 Å². The molecule has 0 bridgehead atoms. The summed E-state index contributed by atoms with van der Waals surface area (Å²) in [6.07, 6.45) is 4.74. The van der Waals surface area contributed by atoms with Gasteiger partial charge in [0.05, 0.1) is 7.11 Å². The highest BCUT2D eigenvalue weighted by Crippen LogP contribution is 2.39. The molecule has 1 aliphatic rings. The first-order valence-electron chi connectivity index (χ1n) is 6.35. The molecular formula is C13H19N3OS. The molecule has 0 atom stereocenters. The molecule has 3 rings (SSSR count). The van der Waals surface area contributed by atoms with Crippen molar-refractivity contribution in [3.63, 3.8) is 0 Å². The van der Waals surface area contributed by atoms with Gasteiger partial charge >= 0.3 is 0 Å². The number of imidazole rings is 1. The predicted octanol–water partition coefficient (Wildman–Crippen LogP) is 2.68. The van der Waals surface area contributed by atoms with E-state index >= 15 is 0 Å². The van der Waals surface area contributed by atoms with Crippen molar-refractivity contribution in [2.24, 2.45) is 5.92 Å². The van der Waals surface area contributed by atoms with Gasteiger partial charge in [0.2, 0.25) is 5.88 Å². The summed E-state index contributed by atoms with van der Waals surface area (Å²) in [6, 6.07) is 0. The molecule has 1 aliphatic carbocycles. The largest absolute Gasteiger partial charge is 0.480 e. The van der Waals surface area contributed by atoms with Crippen molar-refractivity contribution in [3.8, 4) is 5.88 Å². The molecule has 2 heterocycles. The third kappa shape index (κ3) is 2.01. The Hall–Kier alpha value is -1.07. The zero-order valence-electron chi connectivity index (χ0n) is 11.1. The predicted molar refractivity (Wildman–Crippen MR) is 73.3 cm³/mol. The fraction of sp³-hybridized carbons (Fsp3) is 0.615. The molecule has 98 valence electrons. The van der Waals surface area contributed by atoms with E-state index in [4.69, 9.17) is 4.74 Å². The highest BCUT2D eigenvalue weighted by Gasteiger charge is 2.37. The quantitative estimate of drug-likeness (QED) is 0.903. The summed E-state index contributed by atoms with van der Waals surface area (Å²) in [6.45, 7) is 5.36. The van der Waals surface area contributed by atoms with Crippen molar-refractivity contribution in [2.45, 2.75) is 38.8 Å². The number of ether oxygens (including phenoxy) is 1. The molecule has 0 saturated heterocycles. The molecule has 0 unspecified atom stereocenters. The van der Waals surface area contributed by atoms with Crippen LogP contribution < -0.4 is 10.1 Å². The summed E-state index contributed by atoms with van der Waals surface area (Å²) >= 11 is 1.63. The summed E-state index contributed by atoms with van der Waals surface area (Å²) in [5.74, 6) is 1.55. The zero-order valence-corrected chi connectivity index (χ0v) is 11.9. The van der Waals surface area contributed by atoms with E-state index in [9.17, 15) is 0 Å². The average molecular weight is 265 g/mol. The van der Waals surface area contributed by atoms with Gasteiger partial charge in [-0.25, -0.2) is 0 Å². The molecule has 1 fully saturated rings. The number of nitrogens with one attached hydrogen (secondary N) is 1. The zero-order chi connectivity index (χ0) is 12.8. The van der Waals surface area contributed by atoms with Crippen LogP contribution in [0.2, 0.25) is 0 Å². The van der Waals surface area contributed by atoms with Crippen molar-refractivity contribution in [1.82, 2.24) is 14.7 Å². The van der Waals surface area contributed by atoms with Crippen LogP contribution in [0.5, 0.6) is 5.88 Å². The van der Waals surface area contributed by atoms with E-state index in [0.717, 1.165) is 29.0 Å². The molecule has 0 aliphatic heterocycles. The number of nitrogens with zero attached hydrogens (tertiary/aromatic N) is 2. The maximum atomic E-state index is 5.36. The van der Waals surface area contributed by atoms with Crippen LogP contribution in [0, 0.1) is 5.92 Å². The Morgan fingerprint density at radius 1 is 1.56 bits per heavy atom. The fourth-order valence-corrected chi connectivity index (χ4v) is 3.12. The second-order valence-corrected chi connectivity index (χ2v) is 6.35. The van der Waals surface area contributed by atoms with Gasteiger partial charge in [-0.3, -0.25) is 4.40 Å². The second kappa shape index (κ2) is 4.24. The first-order chi connectivity index (χ1) is 8.62. The summed E-state index contributed by atoms with van der Waals surface area (Å²) in [5, 5.41) is 5.70. The van der Waals surface area contributed by atoms with E-state index < -0.39 is 0 Å². The lowest BCUT2D eigenvalue weighted by molar-refractivity contribution is 0.330. The topological polar surface area (TPSA) is 38.6 Å². The molecule has 2 aromatic rings. The first kappa shape index (κ1) is 12.0. The number of methoxy groups -OCH3 is 1. The molecule has 0 spiro atoms. The number of hydrogen-bond donors (Lipinski definition) is 1. The van der Waals surface area contributed by atoms with Crippen LogP contribution >= 0.6 is 11.3 Å². The summed E-state index contributed by atoms with van der Waals surface area (Å²) < 4.78 is 7.48. The number of rotatable bonds is 5. The van der Waals surface area contributed by atoms with Crippen LogP contribution in [0.15, 0.2) is 11.6 Å². The minimum atomic E-state index is 0.200. The lowest BCUT2D eigenvalue weighted by Crippen LogP contribution is -2.41. The van der Waals surface area contributed by atoms with Gasteiger partial charge in [0.15, 0.2) is 4.96 Å². The summed E-state index contributed by atoms with van der Waals surface area (Å²) in [4.78, 5) is 5.46. The Balaban J connectivity index is 1.82. The van der Waals surface area contributed by atoms with Crippen LogP contribution in [0.1, 0.15) is 32.4 Å². The third-order valence-electron chi connectivity index (χ3n) is 3.83. The first-order valence-corrected chi connectivity index (χ1v) is 7.23. The van der Waals surface area contributed by atoms with Crippen molar-refractivity contribution in [3.05, 3.63) is 17.3 Å². The van der Waals surface area contributed by atoms with Crippen molar-refractivity contribution in [2.75, 3.05) is 7.11 Å². The maximum Gasteiger partial charge on any atom is 0.237 e. The van der Waals surface area contributed by atoms with E-state index in [-0.39, 0.29) is 5.54 Å². The van der Waals surface area contributed by atoms with Gasteiger partial charge < -0.3 is 10.1 Å². The van der Waals surface area contributed by atoms with Crippen molar-refractivity contribution in [1.29, 1.82) is 0 Å². The second-order valence-electron chi connectivity index (χ2n) is 5.47. The Morgan fingerprint density at radius 2 is 2.33 bits per heavy atom. The van der Waals surface area contributed by atoms with Gasteiger partial charge in [-0.15, -0.1) is 11.3 Å². The fourth-order valence-electron chi connectivity index (χ4n) is 2.40. The van der Waals surface area contributed by atoms with Gasteiger partial charge in [0.25, 0.3) is 0 Å². The van der Waals surface area contributed by atoms with Crippen molar-refractivity contribution < 1.29 is 4.74 Å². The Morgan fingerprint density at radius 3 is 3.00 bits per heavy atom. The Kier molecular flexibility index (Phi) is 2.83. The molecule has 1 saturated carbocycles. The van der Waals surface area contributed by atoms with Crippen LogP contribution in [-0.4, -0.2) is 22.0 Å². The average Bonchev–Trinajstić information content (AvgIpc) is 3.01. The van der Waals surface area contributed by atoms with E-state index in [1.807, 2.05) is 0 Å². The SMILES string of the molecule is COc1nc2sccn2c1CNC(C)(C)C1CC1. The maximum absolute atomic E-state index is 5.36. The molecular weight excluding hydrogens is 246 g/mol. The monoisotopic (exact) mass is 265 g/mol. The van der Waals surface area contributed by atoms with Gasteiger partial charge in [-0.05, 0) is 32.6 Å². The van der Waals surface area contributed by atoms with Crippen molar-refractivity contribution >= 4 is 16.3 Å². The van der Waals surface area contributed by atoms with E-state index in [0.29, 0.717) is 0 Å². The highest BCUT2D eigenvalue weighted by atomic mass is 32.1. The molecule has 18 heavy (non-hydrogen) atoms. The smallest absolute Gasteiger partial charge is 0.237 e. The lowest BCUT2D eigenvalue weighted by Gasteiger charge is -2.26. The minimum Gasteiger partial charge on any atom is -0.480 e. The summed E-state index contributed by atoms with van der Waals surface area (Å²) in [7, 11) is 1.68. The van der Waals surface area contributed by atoms with Gasteiger partial charge in [-0.2, -0.15) is 4.98 Å². The number of thiazole rings is 1. The highest BCUT2D eigenvalue weighted by molar-refractivity contribution is 7.15. The normalized spacial score (nSPS) is 16.4. The van der Waals surface area contributed by atoms with E-state index in [2.05, 4.69) is 40.1 Å². The molecule has 2 aromatic heterocycles. The molecule has 5 heteroatoms. The number of hydrogen-bond acceptors (Lipinski definition) is 4. The molecule has 1 N–H and O–H groups in total. The Bertz CT molecular complexity index is 554. The standard InChI is InChI=1S/C13H19N3OS/c1-13(2,9-4-5-9)14-8-10-11(17-3)15-12-16(10)6-7-18-12/h6-7,9,14H,4-5,8H2,1-3H3. The van der Waals surface area contributed by atoms with Crippen LogP contribution in [0.3, 0.4) is 0 Å². The molecule has 4 nitrogen and oxygen atoms in total. The molecule has 0 radical (unpaired) electrons. The number of fused-ring (bicyclic) bond motifs is 1. The third-order valence-corrected chi connectivity index (χ3v) is 4.58. The lowest BCUT2D eigenvalue weighted by atomic mass is 9.99. The van der Waals surface area contributed by atoms with Crippen LogP contribution in [0.25, 0.3) is 4.96 Å². The summed E-state index contributed by atoms with van der Waals surface area (Å²) in [5.41, 5.74) is 1.31. The number of aromatic nitrogens is 2. The van der Waals surface area contributed by atoms with Gasteiger partial charge in [-0.1, -0.05) is 0 Å². The van der Waals surface area contributed by atoms with Gasteiger partial charge in [0.1, 0.15) is 5.69 Å². The van der Waals surface area contributed by atoms with Crippen LogP contribution in [-0.2, 0) is 6.54 Å². The molecule has 0 amide bonds. The Labute approximate surface area is 111 Å². The van der Waals surface area contributed by atoms with E-state index in [1.165, 1.54) is 12.8 Å². The minimum absolute atomic E-state index is 0.200.